The quantitative estimate of drug-likeness (QED) is 0.258. The standard InChI is InChI=1S/C31H33ClN8O2/c1-20-34-31(38-37-20)22-4-7-27-26(17-22)35-29(40(27)18-25-11-15-41-25)19-39-13-9-24(10-14-39)42-30-8-12-33-28(36-30)16-21-2-5-23(32)6-3-21/h2-8,12,17,24-25H,9-11,13-16,18-19H2,1H3,(H,34,37,38). The SMILES string of the molecule is Cc1n[nH]c(-c2ccc3c(c2)nc(CN2CCC(Oc4ccnc(Cc5ccc(Cl)cc5)n4)CC2)n3CC2CCO2)n1. The lowest BCUT2D eigenvalue weighted by Crippen LogP contribution is -2.39. The molecule has 0 bridgehead atoms. The van der Waals surface area contributed by atoms with Crippen LogP contribution in [0, 0.1) is 6.92 Å². The minimum Gasteiger partial charge on any atom is -0.474 e. The second kappa shape index (κ2) is 11.8. The molecule has 2 fully saturated rings. The van der Waals surface area contributed by atoms with E-state index < -0.39 is 0 Å². The van der Waals surface area contributed by atoms with Gasteiger partial charge in [0, 0.05) is 49.0 Å². The van der Waals surface area contributed by atoms with Gasteiger partial charge in [0.25, 0.3) is 0 Å². The van der Waals surface area contributed by atoms with E-state index in [1.807, 2.05) is 37.3 Å². The number of benzene rings is 2. The second-order valence-corrected chi connectivity index (χ2v) is 11.5. The number of halogens is 1. The fourth-order valence-electron chi connectivity index (χ4n) is 5.63. The molecule has 11 heteroatoms. The van der Waals surface area contributed by atoms with E-state index >= 15 is 0 Å². The van der Waals surface area contributed by atoms with Crippen molar-refractivity contribution in [3.05, 3.63) is 82.8 Å². The maximum atomic E-state index is 6.30. The summed E-state index contributed by atoms with van der Waals surface area (Å²) < 4.78 is 14.4. The average molecular weight is 585 g/mol. The predicted molar refractivity (Wildman–Crippen MR) is 159 cm³/mol. The first-order valence-corrected chi connectivity index (χ1v) is 14.9. The minimum atomic E-state index is 0.120. The fourth-order valence-corrected chi connectivity index (χ4v) is 5.76. The third-order valence-corrected chi connectivity index (χ3v) is 8.27. The summed E-state index contributed by atoms with van der Waals surface area (Å²) in [6.07, 6.45) is 5.72. The van der Waals surface area contributed by atoms with Gasteiger partial charge < -0.3 is 14.0 Å². The summed E-state index contributed by atoms with van der Waals surface area (Å²) in [4.78, 5) is 21.1. The molecule has 3 aromatic heterocycles. The maximum absolute atomic E-state index is 6.30. The number of ether oxygens (including phenoxy) is 2. The molecule has 10 nitrogen and oxygen atoms in total. The van der Waals surface area contributed by atoms with Crippen LogP contribution < -0.4 is 4.74 Å². The fraction of sp³-hybridized carbons (Fsp3) is 0.387. The zero-order valence-corrected chi connectivity index (χ0v) is 24.3. The lowest BCUT2D eigenvalue weighted by atomic mass is 10.1. The van der Waals surface area contributed by atoms with Crippen molar-refractivity contribution in [1.29, 1.82) is 0 Å². The summed E-state index contributed by atoms with van der Waals surface area (Å²) in [5, 5.41) is 7.92. The molecule has 1 unspecified atom stereocenters. The summed E-state index contributed by atoms with van der Waals surface area (Å²) in [5.41, 5.74) is 4.19. The first-order chi connectivity index (χ1) is 20.6. The molecule has 0 saturated carbocycles. The molecule has 0 aliphatic carbocycles. The number of aromatic amines is 1. The van der Waals surface area contributed by atoms with Crippen LogP contribution in [0.5, 0.6) is 5.88 Å². The molecule has 5 heterocycles. The highest BCUT2D eigenvalue weighted by molar-refractivity contribution is 6.30. The van der Waals surface area contributed by atoms with Crippen LogP contribution in [0.25, 0.3) is 22.4 Å². The van der Waals surface area contributed by atoms with Crippen molar-refractivity contribution in [3.8, 4) is 17.3 Å². The summed E-state index contributed by atoms with van der Waals surface area (Å²) in [6, 6.07) is 15.9. The van der Waals surface area contributed by atoms with Crippen molar-refractivity contribution >= 4 is 22.6 Å². The van der Waals surface area contributed by atoms with E-state index in [9.17, 15) is 0 Å². The molecule has 216 valence electrons. The number of nitrogens with one attached hydrogen (secondary N) is 1. The molecule has 2 aliphatic rings. The van der Waals surface area contributed by atoms with Crippen molar-refractivity contribution < 1.29 is 9.47 Å². The van der Waals surface area contributed by atoms with Gasteiger partial charge in [-0.3, -0.25) is 10.00 Å². The highest BCUT2D eigenvalue weighted by atomic mass is 35.5. The number of hydrogen-bond acceptors (Lipinski definition) is 8. The highest BCUT2D eigenvalue weighted by Crippen LogP contribution is 2.27. The van der Waals surface area contributed by atoms with Crippen LogP contribution in [0.4, 0.5) is 0 Å². The Morgan fingerprint density at radius 3 is 2.60 bits per heavy atom. The molecule has 2 aliphatic heterocycles. The molecule has 0 radical (unpaired) electrons. The van der Waals surface area contributed by atoms with E-state index in [4.69, 9.17) is 26.1 Å². The lowest BCUT2D eigenvalue weighted by Gasteiger charge is -2.32. The largest absolute Gasteiger partial charge is 0.474 e. The topological polar surface area (TPSA) is 107 Å². The summed E-state index contributed by atoms with van der Waals surface area (Å²) in [7, 11) is 0. The third-order valence-electron chi connectivity index (χ3n) is 8.02. The predicted octanol–water partition coefficient (Wildman–Crippen LogP) is 5.00. The number of piperidine rings is 1. The van der Waals surface area contributed by atoms with E-state index in [2.05, 4.69) is 52.8 Å². The Labute approximate surface area is 249 Å². The number of rotatable bonds is 9. The molecule has 0 spiro atoms. The third kappa shape index (κ3) is 6.01. The summed E-state index contributed by atoms with van der Waals surface area (Å²) in [6.45, 7) is 6.18. The minimum absolute atomic E-state index is 0.120. The normalized spacial score (nSPS) is 17.9. The van der Waals surface area contributed by atoms with Gasteiger partial charge >= 0.3 is 0 Å². The Bertz CT molecular complexity index is 1670. The molecule has 0 amide bonds. The van der Waals surface area contributed by atoms with E-state index in [1.54, 1.807) is 6.20 Å². The molecular formula is C31H33ClN8O2. The monoisotopic (exact) mass is 584 g/mol. The Morgan fingerprint density at radius 1 is 1.02 bits per heavy atom. The van der Waals surface area contributed by atoms with Crippen LogP contribution in [0.3, 0.4) is 0 Å². The smallest absolute Gasteiger partial charge is 0.216 e. The van der Waals surface area contributed by atoms with Gasteiger partial charge in [-0.2, -0.15) is 10.1 Å². The number of aromatic nitrogens is 7. The van der Waals surface area contributed by atoms with Crippen molar-refractivity contribution in [1.82, 2.24) is 39.6 Å². The van der Waals surface area contributed by atoms with Crippen molar-refractivity contribution in [2.45, 2.75) is 57.9 Å². The summed E-state index contributed by atoms with van der Waals surface area (Å²) >= 11 is 6.02. The molecule has 2 saturated heterocycles. The Morgan fingerprint density at radius 2 is 1.86 bits per heavy atom. The number of aryl methyl sites for hydroxylation is 1. The molecule has 42 heavy (non-hydrogen) atoms. The van der Waals surface area contributed by atoms with Crippen LogP contribution >= 0.6 is 11.6 Å². The number of likely N-dealkylation sites (tertiary alicyclic amines) is 1. The Kier molecular flexibility index (Phi) is 7.58. The number of fused-ring (bicyclic) bond motifs is 1. The molecule has 1 atom stereocenters. The van der Waals surface area contributed by atoms with Gasteiger partial charge in [-0.15, -0.1) is 0 Å². The second-order valence-electron chi connectivity index (χ2n) is 11.1. The van der Waals surface area contributed by atoms with Crippen LogP contribution in [0.2, 0.25) is 5.02 Å². The zero-order chi connectivity index (χ0) is 28.5. The molecule has 5 aromatic rings. The Balaban J connectivity index is 1.01. The summed E-state index contributed by atoms with van der Waals surface area (Å²) in [5.74, 6) is 3.92. The highest BCUT2D eigenvalue weighted by Gasteiger charge is 2.26. The molecule has 7 rings (SSSR count). The molecule has 1 N–H and O–H groups in total. The van der Waals surface area contributed by atoms with Gasteiger partial charge in [-0.25, -0.2) is 15.0 Å². The van der Waals surface area contributed by atoms with Crippen LogP contribution in [-0.2, 0) is 24.2 Å². The number of nitrogens with zero attached hydrogens (tertiary/aromatic N) is 7. The molecular weight excluding hydrogens is 552 g/mol. The van der Waals surface area contributed by atoms with E-state index in [0.717, 1.165) is 103 Å². The number of H-pyrrole nitrogens is 1. The first-order valence-electron chi connectivity index (χ1n) is 14.5. The van der Waals surface area contributed by atoms with Gasteiger partial charge in [-0.1, -0.05) is 23.7 Å². The van der Waals surface area contributed by atoms with Crippen LogP contribution in [0.1, 0.15) is 42.3 Å². The zero-order valence-electron chi connectivity index (χ0n) is 23.5. The maximum Gasteiger partial charge on any atom is 0.216 e. The van der Waals surface area contributed by atoms with Gasteiger partial charge in [0.1, 0.15) is 23.6 Å². The first kappa shape index (κ1) is 27.0. The van der Waals surface area contributed by atoms with Gasteiger partial charge in [0.15, 0.2) is 5.82 Å². The van der Waals surface area contributed by atoms with Crippen molar-refractivity contribution in [2.75, 3.05) is 19.7 Å². The average Bonchev–Trinajstić information content (AvgIpc) is 3.55. The van der Waals surface area contributed by atoms with Gasteiger partial charge in [-0.05, 0) is 62.1 Å². The van der Waals surface area contributed by atoms with Crippen LogP contribution in [0.15, 0.2) is 54.7 Å². The lowest BCUT2D eigenvalue weighted by molar-refractivity contribution is -0.0592. The van der Waals surface area contributed by atoms with Crippen molar-refractivity contribution in [2.24, 2.45) is 0 Å². The van der Waals surface area contributed by atoms with E-state index in [-0.39, 0.29) is 12.2 Å². The number of imidazole rings is 1. The Hall–Kier alpha value is -3.86. The van der Waals surface area contributed by atoms with Crippen LogP contribution in [-0.4, -0.2) is 71.5 Å². The van der Waals surface area contributed by atoms with Gasteiger partial charge in [0.2, 0.25) is 5.88 Å². The molecule has 2 aromatic carbocycles. The van der Waals surface area contributed by atoms with Crippen molar-refractivity contribution in [3.63, 3.8) is 0 Å². The van der Waals surface area contributed by atoms with E-state index in [0.29, 0.717) is 12.3 Å². The van der Waals surface area contributed by atoms with E-state index in [1.165, 1.54) is 0 Å². The number of hydrogen-bond donors (Lipinski definition) is 1. The van der Waals surface area contributed by atoms with Gasteiger partial charge in [0.05, 0.1) is 30.2 Å².